The number of likely N-dealkylation sites (N-methyl/N-ethyl adjacent to an activating group) is 1. The number of hydrogen-bond acceptors (Lipinski definition) is 5. The van der Waals surface area contributed by atoms with Gasteiger partial charge in [-0.15, -0.1) is 0 Å². The standard InChI is InChI=1S/C19H33NO7/c1-20(2,3)14-16(13-18(24)25)27-19(26)12-15(21)10-8-6-4-5-7-9-11-17(22)23/h6,8,15-16,21H,4-5,7,9-14H2,1-3H3,(H-,22,23,24,25)/p+1/b8-6+. The number of rotatable bonds is 15. The summed E-state index contributed by atoms with van der Waals surface area (Å²) in [6, 6.07) is 0. The predicted molar refractivity (Wildman–Crippen MR) is 100 cm³/mol. The van der Waals surface area contributed by atoms with Gasteiger partial charge < -0.3 is 24.5 Å². The maximum atomic E-state index is 11.9. The molecule has 0 bridgehead atoms. The number of carboxylic acid groups (broad SMARTS) is 2. The number of aliphatic carboxylic acids is 2. The van der Waals surface area contributed by atoms with Gasteiger partial charge in [-0.25, -0.2) is 0 Å². The minimum Gasteiger partial charge on any atom is -0.481 e. The van der Waals surface area contributed by atoms with E-state index in [2.05, 4.69) is 0 Å². The molecule has 0 aliphatic heterocycles. The maximum Gasteiger partial charge on any atom is 0.308 e. The molecule has 8 nitrogen and oxygen atoms in total. The Hall–Kier alpha value is -1.93. The number of aliphatic hydroxyl groups is 1. The summed E-state index contributed by atoms with van der Waals surface area (Å²) in [6.45, 7) is 0.371. The fourth-order valence-electron chi connectivity index (χ4n) is 2.55. The molecule has 0 spiro atoms. The molecular weight excluding hydrogens is 354 g/mol. The lowest BCUT2D eigenvalue weighted by Gasteiger charge is -2.28. The first-order chi connectivity index (χ1) is 12.5. The van der Waals surface area contributed by atoms with Gasteiger partial charge in [-0.1, -0.05) is 18.6 Å². The minimum atomic E-state index is -1.03. The summed E-state index contributed by atoms with van der Waals surface area (Å²) in [5, 5.41) is 27.4. The first-order valence-electron chi connectivity index (χ1n) is 9.26. The third-order valence-corrected chi connectivity index (χ3v) is 3.69. The number of nitrogens with zero attached hydrogens (tertiary/aromatic N) is 1. The highest BCUT2D eigenvalue weighted by molar-refractivity contribution is 5.72. The van der Waals surface area contributed by atoms with Crippen LogP contribution in [0.25, 0.3) is 0 Å². The van der Waals surface area contributed by atoms with Gasteiger partial charge in [0.1, 0.15) is 6.54 Å². The summed E-state index contributed by atoms with van der Waals surface area (Å²) in [5.74, 6) is -2.43. The van der Waals surface area contributed by atoms with E-state index in [1.165, 1.54) is 0 Å². The molecule has 0 rings (SSSR count). The molecule has 2 unspecified atom stereocenters. The summed E-state index contributed by atoms with van der Waals surface area (Å²) in [4.78, 5) is 33.2. The molecule has 0 saturated carbocycles. The van der Waals surface area contributed by atoms with Crippen LogP contribution in [-0.2, 0) is 19.1 Å². The molecule has 0 aromatic heterocycles. The number of hydrogen-bond donors (Lipinski definition) is 3. The molecule has 0 amide bonds. The van der Waals surface area contributed by atoms with E-state index in [0.717, 1.165) is 19.3 Å². The maximum absolute atomic E-state index is 11.9. The largest absolute Gasteiger partial charge is 0.481 e. The molecule has 27 heavy (non-hydrogen) atoms. The van der Waals surface area contributed by atoms with Crippen LogP contribution in [0.5, 0.6) is 0 Å². The zero-order valence-electron chi connectivity index (χ0n) is 16.6. The third kappa shape index (κ3) is 17.3. The van der Waals surface area contributed by atoms with Crippen LogP contribution in [0.2, 0.25) is 0 Å². The molecule has 3 N–H and O–H groups in total. The number of unbranched alkanes of at least 4 members (excludes halogenated alkanes) is 3. The van der Waals surface area contributed by atoms with Crippen molar-refractivity contribution in [3.05, 3.63) is 12.2 Å². The molecule has 0 fully saturated rings. The van der Waals surface area contributed by atoms with E-state index in [1.54, 1.807) is 6.08 Å². The van der Waals surface area contributed by atoms with Crippen molar-refractivity contribution in [1.29, 1.82) is 0 Å². The van der Waals surface area contributed by atoms with Gasteiger partial charge in [-0.05, 0) is 25.7 Å². The molecule has 2 atom stereocenters. The van der Waals surface area contributed by atoms with Crippen molar-refractivity contribution in [3.8, 4) is 0 Å². The van der Waals surface area contributed by atoms with E-state index in [1.807, 2.05) is 27.2 Å². The van der Waals surface area contributed by atoms with Crippen molar-refractivity contribution in [2.75, 3.05) is 27.7 Å². The van der Waals surface area contributed by atoms with E-state index in [4.69, 9.17) is 14.9 Å². The normalized spacial score (nSPS) is 14.1. The van der Waals surface area contributed by atoms with Crippen molar-refractivity contribution in [2.45, 2.75) is 63.6 Å². The van der Waals surface area contributed by atoms with Gasteiger partial charge in [0.2, 0.25) is 0 Å². The molecule has 0 radical (unpaired) electrons. The second-order valence-electron chi connectivity index (χ2n) is 7.74. The molecule has 0 heterocycles. The average Bonchev–Trinajstić information content (AvgIpc) is 2.46. The number of ether oxygens (including phenoxy) is 1. The molecule has 0 aromatic rings. The molecule has 156 valence electrons. The SMILES string of the molecule is C[N+](C)(C)CC(CC(=O)O)OC(=O)CC(O)C/C=C/CCCCCC(=O)O. The van der Waals surface area contributed by atoms with Crippen molar-refractivity contribution in [2.24, 2.45) is 0 Å². The van der Waals surface area contributed by atoms with Crippen LogP contribution in [0.15, 0.2) is 12.2 Å². The summed E-state index contributed by atoms with van der Waals surface area (Å²) >= 11 is 0. The van der Waals surface area contributed by atoms with Gasteiger partial charge in [0.05, 0.1) is 40.1 Å². The van der Waals surface area contributed by atoms with Crippen LogP contribution in [-0.4, -0.2) is 77.6 Å². The van der Waals surface area contributed by atoms with E-state index in [9.17, 15) is 19.5 Å². The molecule has 8 heteroatoms. The summed E-state index contributed by atoms with van der Waals surface area (Å²) < 4.78 is 5.69. The first-order valence-corrected chi connectivity index (χ1v) is 9.26. The Labute approximate surface area is 161 Å². The zero-order valence-corrected chi connectivity index (χ0v) is 16.6. The van der Waals surface area contributed by atoms with Gasteiger partial charge in [-0.2, -0.15) is 0 Å². The lowest BCUT2D eigenvalue weighted by atomic mass is 10.1. The molecule has 0 aliphatic rings. The van der Waals surface area contributed by atoms with Crippen molar-refractivity contribution < 1.29 is 38.9 Å². The highest BCUT2D eigenvalue weighted by atomic mass is 16.5. The molecule has 0 saturated heterocycles. The van der Waals surface area contributed by atoms with Crippen LogP contribution in [0.4, 0.5) is 0 Å². The first kappa shape index (κ1) is 25.1. The predicted octanol–water partition coefficient (Wildman–Crippen LogP) is 1.81. The van der Waals surface area contributed by atoms with Crippen molar-refractivity contribution in [1.82, 2.24) is 0 Å². The fraction of sp³-hybridized carbons (Fsp3) is 0.737. The molecular formula is C19H34NO7+. The Morgan fingerprint density at radius 1 is 0.963 bits per heavy atom. The quantitative estimate of drug-likeness (QED) is 0.169. The van der Waals surface area contributed by atoms with Crippen LogP contribution >= 0.6 is 0 Å². The third-order valence-electron chi connectivity index (χ3n) is 3.69. The van der Waals surface area contributed by atoms with Crippen LogP contribution in [0.1, 0.15) is 51.4 Å². The van der Waals surface area contributed by atoms with Gasteiger partial charge in [0.15, 0.2) is 6.10 Å². The number of quaternary nitrogens is 1. The number of esters is 1. The number of aliphatic hydroxyl groups excluding tert-OH is 1. The van der Waals surface area contributed by atoms with Crippen molar-refractivity contribution >= 4 is 17.9 Å². The van der Waals surface area contributed by atoms with E-state index < -0.39 is 30.1 Å². The highest BCUT2D eigenvalue weighted by Gasteiger charge is 2.25. The molecule has 0 aromatic carbocycles. The average molecular weight is 388 g/mol. The van der Waals surface area contributed by atoms with Crippen LogP contribution in [0.3, 0.4) is 0 Å². The van der Waals surface area contributed by atoms with E-state index in [0.29, 0.717) is 23.9 Å². The Kier molecular flexibility index (Phi) is 12.3. The van der Waals surface area contributed by atoms with Crippen LogP contribution in [0, 0.1) is 0 Å². The lowest BCUT2D eigenvalue weighted by molar-refractivity contribution is -0.873. The van der Waals surface area contributed by atoms with Gasteiger partial charge in [0, 0.05) is 6.42 Å². The van der Waals surface area contributed by atoms with E-state index >= 15 is 0 Å². The number of carbonyl (C=O) groups is 3. The lowest BCUT2D eigenvalue weighted by Crippen LogP contribution is -2.44. The number of carboxylic acids is 2. The number of allylic oxidation sites excluding steroid dienone is 1. The van der Waals surface area contributed by atoms with E-state index in [-0.39, 0.29) is 19.3 Å². The minimum absolute atomic E-state index is 0.182. The van der Waals surface area contributed by atoms with Gasteiger partial charge in [-0.3, -0.25) is 14.4 Å². The Morgan fingerprint density at radius 2 is 1.63 bits per heavy atom. The number of carbonyl (C=O) groups excluding carboxylic acids is 1. The smallest absolute Gasteiger partial charge is 0.308 e. The fourth-order valence-corrected chi connectivity index (χ4v) is 2.55. The Morgan fingerprint density at radius 3 is 2.19 bits per heavy atom. The second kappa shape index (κ2) is 13.3. The summed E-state index contributed by atoms with van der Waals surface area (Å²) in [7, 11) is 5.64. The topological polar surface area (TPSA) is 121 Å². The van der Waals surface area contributed by atoms with Crippen molar-refractivity contribution in [3.63, 3.8) is 0 Å². The molecule has 0 aliphatic carbocycles. The van der Waals surface area contributed by atoms with Gasteiger partial charge >= 0.3 is 17.9 Å². The Bertz CT molecular complexity index is 497. The zero-order chi connectivity index (χ0) is 20.9. The summed E-state index contributed by atoms with van der Waals surface area (Å²) in [6.07, 6.45) is 5.28. The monoisotopic (exact) mass is 388 g/mol. The summed E-state index contributed by atoms with van der Waals surface area (Å²) in [5.41, 5.74) is 0. The Balaban J connectivity index is 4.11. The second-order valence-corrected chi connectivity index (χ2v) is 7.74. The van der Waals surface area contributed by atoms with Gasteiger partial charge in [0.25, 0.3) is 0 Å². The van der Waals surface area contributed by atoms with Crippen LogP contribution < -0.4 is 0 Å². The highest BCUT2D eigenvalue weighted by Crippen LogP contribution is 2.10.